The molecule has 0 atom stereocenters. The molecule has 31 heavy (non-hydrogen) atoms. The lowest BCUT2D eigenvalue weighted by atomic mass is 10.1. The lowest BCUT2D eigenvalue weighted by Crippen LogP contribution is -2.01. The van der Waals surface area contributed by atoms with E-state index in [2.05, 4.69) is 34.2 Å². The van der Waals surface area contributed by atoms with Gasteiger partial charge in [-0.2, -0.15) is 0 Å². The molecule has 0 unspecified atom stereocenters. The molecule has 0 aliphatic carbocycles. The van der Waals surface area contributed by atoms with E-state index < -0.39 is 9.84 Å². The zero-order valence-corrected chi connectivity index (χ0v) is 17.5. The maximum atomic E-state index is 12.1. The molecule has 2 N–H and O–H groups in total. The van der Waals surface area contributed by atoms with Crippen LogP contribution in [0.4, 0.5) is 0 Å². The zero-order chi connectivity index (χ0) is 22.1. The Bertz CT molecular complexity index is 1090. The molecule has 0 fully saturated rings. The highest BCUT2D eigenvalue weighted by molar-refractivity contribution is 7.91. The molecular weight excluding hydrogens is 412 g/mol. The molecule has 0 bridgehead atoms. The summed E-state index contributed by atoms with van der Waals surface area (Å²) in [6, 6.07) is 18.8. The minimum Gasteiger partial charge on any atom is -0.508 e. The van der Waals surface area contributed by atoms with E-state index in [1.807, 2.05) is 24.8 Å². The van der Waals surface area contributed by atoms with Gasteiger partial charge < -0.3 is 10.2 Å². The number of phenolic OH excluding ortho intramolecular Hbond substituents is 2. The topological polar surface area (TPSA) is 100 Å². The number of sulfone groups is 1. The Balaban J connectivity index is 0.000000179. The number of rotatable bonds is 5. The maximum absolute atomic E-state index is 12.1. The Morgan fingerprint density at radius 2 is 0.871 bits per heavy atom. The van der Waals surface area contributed by atoms with Crippen molar-refractivity contribution in [3.63, 3.8) is 0 Å². The third kappa shape index (κ3) is 6.38. The number of hydrogen-bond donors (Lipinski definition) is 2. The Labute approximate surface area is 181 Å². The van der Waals surface area contributed by atoms with Crippen LogP contribution >= 0.6 is 0 Å². The Morgan fingerprint density at radius 3 is 1.19 bits per heavy atom. The highest BCUT2D eigenvalue weighted by atomic mass is 32.2. The standard InChI is InChI=1S/C12H12N2.C12H10O4S/c1(11-3-7-13-8-4-11)2-12-5-9-14-10-6-12;13-9-1-5-11(6-2-9)17(15,16)12-7-3-10(14)4-8-12/h3-10H,1-2H2;1-8,13-14H. The first-order chi connectivity index (χ1) is 14.9. The average molecular weight is 435 g/mol. The molecule has 2 aromatic heterocycles. The summed E-state index contributed by atoms with van der Waals surface area (Å²) in [4.78, 5) is 8.18. The number of aromatic hydroxyl groups is 2. The SMILES string of the molecule is O=S(=O)(c1ccc(O)cc1)c1ccc(O)cc1.c1cc(CCc2ccncc2)ccn1. The van der Waals surface area contributed by atoms with Crippen molar-refractivity contribution in [2.45, 2.75) is 22.6 Å². The number of phenols is 2. The first kappa shape index (κ1) is 22.0. The second kappa shape index (κ2) is 10.4. The quantitative estimate of drug-likeness (QED) is 0.488. The largest absolute Gasteiger partial charge is 0.508 e. The average Bonchev–Trinajstić information content (AvgIpc) is 2.80. The lowest BCUT2D eigenvalue weighted by molar-refractivity contribution is 0.474. The summed E-state index contributed by atoms with van der Waals surface area (Å²) in [7, 11) is -3.59. The van der Waals surface area contributed by atoms with Crippen molar-refractivity contribution in [3.05, 3.63) is 109 Å². The molecule has 2 aromatic carbocycles. The Kier molecular flexibility index (Phi) is 7.35. The number of nitrogens with zero attached hydrogens (tertiary/aromatic N) is 2. The molecule has 0 aliphatic rings. The van der Waals surface area contributed by atoms with Gasteiger partial charge in [-0.15, -0.1) is 0 Å². The van der Waals surface area contributed by atoms with Gasteiger partial charge in [-0.25, -0.2) is 8.42 Å². The fourth-order valence-electron chi connectivity index (χ4n) is 2.77. The van der Waals surface area contributed by atoms with Gasteiger partial charge in [0.05, 0.1) is 9.79 Å². The van der Waals surface area contributed by atoms with Gasteiger partial charge in [0.1, 0.15) is 11.5 Å². The van der Waals surface area contributed by atoms with Crippen LogP contribution in [-0.2, 0) is 22.7 Å². The van der Waals surface area contributed by atoms with Crippen molar-refractivity contribution in [1.82, 2.24) is 9.97 Å². The van der Waals surface area contributed by atoms with Gasteiger partial charge in [0.2, 0.25) is 9.84 Å². The summed E-state index contributed by atoms with van der Waals surface area (Å²) in [5.74, 6) is 0.0179. The minimum absolute atomic E-state index is 0.00894. The summed E-state index contributed by atoms with van der Waals surface area (Å²) >= 11 is 0. The van der Waals surface area contributed by atoms with Crippen molar-refractivity contribution in [2.24, 2.45) is 0 Å². The van der Waals surface area contributed by atoms with Crippen molar-refractivity contribution >= 4 is 9.84 Å². The van der Waals surface area contributed by atoms with E-state index in [-0.39, 0.29) is 21.3 Å². The minimum atomic E-state index is -3.59. The highest BCUT2D eigenvalue weighted by Crippen LogP contribution is 2.23. The maximum Gasteiger partial charge on any atom is 0.206 e. The van der Waals surface area contributed by atoms with E-state index in [0.717, 1.165) is 12.8 Å². The molecule has 4 rings (SSSR count). The molecule has 0 saturated heterocycles. The van der Waals surface area contributed by atoms with Crippen LogP contribution in [0.25, 0.3) is 0 Å². The molecule has 158 valence electrons. The molecular formula is C24H22N2O4S. The fraction of sp³-hybridized carbons (Fsp3) is 0.0833. The summed E-state index contributed by atoms with van der Waals surface area (Å²) in [6.45, 7) is 0. The molecule has 0 spiro atoms. The van der Waals surface area contributed by atoms with Crippen LogP contribution in [0, 0.1) is 0 Å². The second-order valence-electron chi connectivity index (χ2n) is 6.70. The lowest BCUT2D eigenvalue weighted by Gasteiger charge is -2.04. The van der Waals surface area contributed by atoms with Gasteiger partial charge in [0.25, 0.3) is 0 Å². The van der Waals surface area contributed by atoms with Gasteiger partial charge in [0, 0.05) is 24.8 Å². The number of aryl methyl sites for hydroxylation is 2. The second-order valence-corrected chi connectivity index (χ2v) is 8.65. The van der Waals surface area contributed by atoms with Gasteiger partial charge in [0.15, 0.2) is 0 Å². The Morgan fingerprint density at radius 1 is 0.548 bits per heavy atom. The predicted molar refractivity (Wildman–Crippen MR) is 118 cm³/mol. The normalized spacial score (nSPS) is 10.7. The zero-order valence-electron chi connectivity index (χ0n) is 16.7. The van der Waals surface area contributed by atoms with Crippen LogP contribution in [0.15, 0.2) is 107 Å². The van der Waals surface area contributed by atoms with Crippen molar-refractivity contribution in [3.8, 4) is 11.5 Å². The summed E-state index contributed by atoms with van der Waals surface area (Å²) in [5, 5.41) is 18.2. The van der Waals surface area contributed by atoms with E-state index in [4.69, 9.17) is 10.2 Å². The van der Waals surface area contributed by atoms with E-state index in [1.165, 1.54) is 59.7 Å². The fourth-order valence-corrected chi connectivity index (χ4v) is 4.04. The van der Waals surface area contributed by atoms with Gasteiger partial charge in [-0.1, -0.05) is 0 Å². The summed E-state index contributed by atoms with van der Waals surface area (Å²) < 4.78 is 24.2. The van der Waals surface area contributed by atoms with Crippen molar-refractivity contribution < 1.29 is 18.6 Å². The van der Waals surface area contributed by atoms with Gasteiger partial charge in [-0.05, 0) is 96.8 Å². The summed E-state index contributed by atoms with van der Waals surface area (Å²) in [6.07, 6.45) is 9.46. The predicted octanol–water partition coefficient (Wildman–Crippen LogP) is 4.19. The van der Waals surface area contributed by atoms with Gasteiger partial charge in [-0.3, -0.25) is 9.97 Å². The third-order valence-electron chi connectivity index (χ3n) is 4.50. The van der Waals surface area contributed by atoms with Crippen LogP contribution in [-0.4, -0.2) is 28.6 Å². The molecule has 0 saturated carbocycles. The molecule has 7 heteroatoms. The number of aromatic nitrogens is 2. The van der Waals surface area contributed by atoms with Crippen molar-refractivity contribution in [2.75, 3.05) is 0 Å². The van der Waals surface area contributed by atoms with Crippen LogP contribution in [0.3, 0.4) is 0 Å². The number of benzene rings is 2. The Hall–Kier alpha value is -3.71. The van der Waals surface area contributed by atoms with Crippen LogP contribution in [0.2, 0.25) is 0 Å². The molecule has 0 amide bonds. The number of hydrogen-bond acceptors (Lipinski definition) is 6. The highest BCUT2D eigenvalue weighted by Gasteiger charge is 2.17. The molecule has 0 aliphatic heterocycles. The molecule has 0 radical (unpaired) electrons. The number of pyridine rings is 2. The van der Waals surface area contributed by atoms with E-state index >= 15 is 0 Å². The van der Waals surface area contributed by atoms with Gasteiger partial charge >= 0.3 is 0 Å². The smallest absolute Gasteiger partial charge is 0.206 e. The van der Waals surface area contributed by atoms with Crippen LogP contribution in [0.5, 0.6) is 11.5 Å². The monoisotopic (exact) mass is 434 g/mol. The van der Waals surface area contributed by atoms with Crippen LogP contribution < -0.4 is 0 Å². The molecule has 6 nitrogen and oxygen atoms in total. The van der Waals surface area contributed by atoms with Crippen molar-refractivity contribution in [1.29, 1.82) is 0 Å². The molecule has 2 heterocycles. The van der Waals surface area contributed by atoms with E-state index in [0.29, 0.717) is 0 Å². The summed E-state index contributed by atoms with van der Waals surface area (Å²) in [5.41, 5.74) is 2.66. The first-order valence-corrected chi connectivity index (χ1v) is 11.0. The first-order valence-electron chi connectivity index (χ1n) is 9.56. The van der Waals surface area contributed by atoms with Crippen LogP contribution in [0.1, 0.15) is 11.1 Å². The third-order valence-corrected chi connectivity index (χ3v) is 6.28. The van der Waals surface area contributed by atoms with E-state index in [9.17, 15) is 8.42 Å². The molecule has 4 aromatic rings. The van der Waals surface area contributed by atoms with E-state index in [1.54, 1.807) is 0 Å².